The molecule has 0 amide bonds. The number of aliphatic hydroxyl groups is 3. The Labute approximate surface area is 111 Å². The van der Waals surface area contributed by atoms with Crippen LogP contribution in [-0.4, -0.2) is 54.2 Å². The van der Waals surface area contributed by atoms with Crippen LogP contribution in [-0.2, 0) is 0 Å². The largest absolute Gasteiger partial charge is 0.394 e. The van der Waals surface area contributed by atoms with E-state index in [1.807, 2.05) is 0 Å². The first-order valence-corrected chi connectivity index (χ1v) is 6.57. The molecule has 0 aliphatic heterocycles. The molecule has 102 valence electrons. The summed E-state index contributed by atoms with van der Waals surface area (Å²) in [5.41, 5.74) is -0.352. The van der Waals surface area contributed by atoms with E-state index >= 15 is 0 Å². The number of thioether (sulfide) groups is 1. The van der Waals surface area contributed by atoms with Crippen LogP contribution in [0.1, 0.15) is 11.8 Å². The van der Waals surface area contributed by atoms with Gasteiger partial charge in [-0.2, -0.15) is 0 Å². The maximum atomic E-state index is 11.8. The Balaban J connectivity index is 2.52. The predicted molar refractivity (Wildman–Crippen MR) is 67.8 cm³/mol. The summed E-state index contributed by atoms with van der Waals surface area (Å²) in [4.78, 5) is 26.2. The van der Waals surface area contributed by atoms with Crippen LogP contribution in [0, 0.1) is 0 Å². The third-order valence-corrected chi connectivity index (χ3v) is 3.04. The van der Waals surface area contributed by atoms with Crippen LogP contribution in [0.25, 0.3) is 11.2 Å². The Kier molecular flexibility index (Phi) is 4.10. The van der Waals surface area contributed by atoms with E-state index in [1.165, 1.54) is 18.0 Å². The molecule has 2 aromatic rings. The molecule has 8 nitrogen and oxygen atoms in total. The fraction of sp³-hybridized carbons (Fsp3) is 0.400. The first-order chi connectivity index (χ1) is 9.06. The molecule has 0 aromatic carbocycles. The number of nitrogens with one attached hydrogen (secondary N) is 1. The van der Waals surface area contributed by atoms with E-state index in [-0.39, 0.29) is 16.9 Å². The molecule has 0 aliphatic carbocycles. The van der Waals surface area contributed by atoms with Gasteiger partial charge in [0.05, 0.1) is 18.5 Å². The Morgan fingerprint density at radius 2 is 2.16 bits per heavy atom. The highest BCUT2D eigenvalue weighted by Crippen LogP contribution is 2.15. The second kappa shape index (κ2) is 5.61. The van der Waals surface area contributed by atoms with Gasteiger partial charge in [0.25, 0.3) is 5.56 Å². The number of hydrogen-bond acceptors (Lipinski definition) is 8. The Bertz CT molecular complexity index is 647. The molecule has 2 aromatic heterocycles. The van der Waals surface area contributed by atoms with Gasteiger partial charge in [0.1, 0.15) is 12.2 Å². The molecular weight excluding hydrogens is 272 g/mol. The van der Waals surface area contributed by atoms with E-state index in [1.54, 1.807) is 6.26 Å². The molecule has 2 atom stereocenters. The molecule has 2 rings (SSSR count). The third-order valence-electron chi connectivity index (χ3n) is 2.46. The first-order valence-electron chi connectivity index (χ1n) is 5.34. The van der Waals surface area contributed by atoms with Crippen molar-refractivity contribution >= 4 is 22.9 Å². The number of nitrogens with zero attached hydrogens (tertiary/aromatic N) is 3. The van der Waals surface area contributed by atoms with Gasteiger partial charge in [-0.3, -0.25) is 9.78 Å². The van der Waals surface area contributed by atoms with Crippen LogP contribution >= 0.6 is 11.8 Å². The molecule has 19 heavy (non-hydrogen) atoms. The summed E-state index contributed by atoms with van der Waals surface area (Å²) >= 11 is 1.26. The van der Waals surface area contributed by atoms with E-state index in [4.69, 9.17) is 5.11 Å². The summed E-state index contributed by atoms with van der Waals surface area (Å²) in [5.74, 6) is 0. The lowest BCUT2D eigenvalue weighted by atomic mass is 10.1. The summed E-state index contributed by atoms with van der Waals surface area (Å²) < 4.78 is 0. The molecule has 4 N–H and O–H groups in total. The average Bonchev–Trinajstić information content (AvgIpc) is 2.45. The minimum atomic E-state index is -1.42. The summed E-state index contributed by atoms with van der Waals surface area (Å²) in [6, 6.07) is 0. The normalized spacial score (nSPS) is 14.5. The van der Waals surface area contributed by atoms with Crippen LogP contribution in [0.15, 0.2) is 16.1 Å². The van der Waals surface area contributed by atoms with Gasteiger partial charge in [0.15, 0.2) is 16.3 Å². The highest BCUT2D eigenvalue weighted by molar-refractivity contribution is 7.98. The second-order valence-corrected chi connectivity index (χ2v) is 4.53. The number of hydrogen-bond donors (Lipinski definition) is 4. The molecule has 0 spiro atoms. The maximum Gasteiger partial charge on any atom is 0.279 e. The number of aliphatic hydroxyl groups excluding tert-OH is 3. The zero-order valence-electron chi connectivity index (χ0n) is 9.94. The smallest absolute Gasteiger partial charge is 0.279 e. The number of H-pyrrole nitrogens is 1. The first kappa shape index (κ1) is 13.9. The molecule has 0 aliphatic rings. The van der Waals surface area contributed by atoms with E-state index < -0.39 is 24.4 Å². The van der Waals surface area contributed by atoms with Crippen LogP contribution in [0.2, 0.25) is 0 Å². The predicted octanol–water partition coefficient (Wildman–Crippen LogP) is -1.18. The molecule has 0 saturated heterocycles. The van der Waals surface area contributed by atoms with E-state index in [9.17, 15) is 15.0 Å². The van der Waals surface area contributed by atoms with Gasteiger partial charge in [-0.15, -0.1) is 0 Å². The summed E-state index contributed by atoms with van der Waals surface area (Å²) in [6.07, 6.45) is 0.168. The fourth-order valence-electron chi connectivity index (χ4n) is 1.45. The number of rotatable bonds is 4. The molecular formula is C10H12N4O4S. The van der Waals surface area contributed by atoms with Crippen molar-refractivity contribution in [2.75, 3.05) is 12.9 Å². The summed E-state index contributed by atoms with van der Waals surface area (Å²) in [5, 5.41) is 28.2. The minimum absolute atomic E-state index is 0.00162. The van der Waals surface area contributed by atoms with Gasteiger partial charge in [0, 0.05) is 0 Å². The van der Waals surface area contributed by atoms with Crippen LogP contribution in [0.3, 0.4) is 0 Å². The molecule has 0 bridgehead atoms. The Morgan fingerprint density at radius 1 is 1.42 bits per heavy atom. The zero-order chi connectivity index (χ0) is 14.0. The molecule has 0 fully saturated rings. The lowest BCUT2D eigenvalue weighted by Gasteiger charge is -2.14. The lowest BCUT2D eigenvalue weighted by Crippen LogP contribution is -2.24. The topological polar surface area (TPSA) is 132 Å². The van der Waals surface area contributed by atoms with Gasteiger partial charge < -0.3 is 15.3 Å². The molecule has 2 unspecified atom stereocenters. The van der Waals surface area contributed by atoms with Gasteiger partial charge in [-0.25, -0.2) is 15.0 Å². The highest BCUT2D eigenvalue weighted by atomic mass is 32.2. The minimum Gasteiger partial charge on any atom is -0.394 e. The van der Waals surface area contributed by atoms with Crippen molar-refractivity contribution in [3.8, 4) is 0 Å². The van der Waals surface area contributed by atoms with Crippen molar-refractivity contribution in [3.63, 3.8) is 0 Å². The number of fused-ring (bicyclic) bond motifs is 1. The van der Waals surface area contributed by atoms with E-state index in [2.05, 4.69) is 19.9 Å². The quantitative estimate of drug-likeness (QED) is 0.407. The second-order valence-electron chi connectivity index (χ2n) is 3.74. The van der Waals surface area contributed by atoms with Crippen molar-refractivity contribution in [2.24, 2.45) is 0 Å². The molecule has 0 saturated carbocycles. The average molecular weight is 284 g/mol. The van der Waals surface area contributed by atoms with Crippen molar-refractivity contribution in [2.45, 2.75) is 17.4 Å². The van der Waals surface area contributed by atoms with Crippen molar-refractivity contribution < 1.29 is 15.3 Å². The fourth-order valence-corrected chi connectivity index (χ4v) is 1.82. The van der Waals surface area contributed by atoms with Crippen molar-refractivity contribution in [1.82, 2.24) is 19.9 Å². The lowest BCUT2D eigenvalue weighted by molar-refractivity contribution is -0.0173. The monoisotopic (exact) mass is 284 g/mol. The summed E-state index contributed by atoms with van der Waals surface area (Å²) in [7, 11) is 0. The van der Waals surface area contributed by atoms with Gasteiger partial charge >= 0.3 is 0 Å². The Morgan fingerprint density at radius 3 is 2.79 bits per heavy atom. The van der Waals surface area contributed by atoms with Crippen LogP contribution < -0.4 is 5.56 Å². The van der Waals surface area contributed by atoms with Gasteiger partial charge in [0.2, 0.25) is 0 Å². The molecule has 2 heterocycles. The standard InChI is InChI=1S/C10H12N4O4S/c1-19-10-13-8-6(9(18)14-10)12-4(2-11-8)7(17)5(16)3-15/h2,5,7,15-17H,3H2,1H3,(H,11,13,14,18). The SMILES string of the molecule is CSc1nc2ncc(C(O)C(O)CO)nc2c(=O)[nH]1. The molecule has 0 radical (unpaired) electrons. The Hall–Kier alpha value is -1.55. The van der Waals surface area contributed by atoms with Crippen molar-refractivity contribution in [1.29, 1.82) is 0 Å². The third kappa shape index (κ3) is 2.73. The zero-order valence-corrected chi connectivity index (χ0v) is 10.8. The van der Waals surface area contributed by atoms with Crippen LogP contribution in [0.5, 0.6) is 0 Å². The van der Waals surface area contributed by atoms with E-state index in [0.29, 0.717) is 5.16 Å². The summed E-state index contributed by atoms with van der Waals surface area (Å²) in [6.45, 7) is -0.624. The highest BCUT2D eigenvalue weighted by Gasteiger charge is 2.20. The number of aromatic amines is 1. The van der Waals surface area contributed by atoms with Crippen LogP contribution in [0.4, 0.5) is 0 Å². The van der Waals surface area contributed by atoms with Gasteiger partial charge in [-0.1, -0.05) is 11.8 Å². The van der Waals surface area contributed by atoms with E-state index in [0.717, 1.165) is 0 Å². The van der Waals surface area contributed by atoms with Gasteiger partial charge in [-0.05, 0) is 6.26 Å². The molecule has 9 heteroatoms. The maximum absolute atomic E-state index is 11.8. The number of aromatic nitrogens is 4. The van der Waals surface area contributed by atoms with Crippen molar-refractivity contribution in [3.05, 3.63) is 22.2 Å².